The van der Waals surface area contributed by atoms with Crippen LogP contribution in [0.15, 0.2) is 17.5 Å². The van der Waals surface area contributed by atoms with Crippen molar-refractivity contribution in [3.63, 3.8) is 0 Å². The van der Waals surface area contributed by atoms with Gasteiger partial charge in [0.1, 0.15) is 0 Å². The zero-order valence-corrected chi connectivity index (χ0v) is 11.2. The molecule has 0 aliphatic heterocycles. The standard InChI is InChI=1S/C12H16N2OS2/c13-11(16)12(6-2-1-3-7-12)14-10(15)9-5-4-8-17-9/h4-5,8H,1-3,6-7H2,(H2,13,16)(H,14,15). The predicted octanol–water partition coefficient (Wildman–Crippen LogP) is 2.47. The number of nitrogens with two attached hydrogens (primary N) is 1. The Morgan fingerprint density at radius 1 is 1.41 bits per heavy atom. The average Bonchev–Trinajstić information content (AvgIpc) is 2.83. The van der Waals surface area contributed by atoms with Gasteiger partial charge < -0.3 is 11.1 Å². The summed E-state index contributed by atoms with van der Waals surface area (Å²) in [6.07, 6.45) is 5.06. The molecule has 1 fully saturated rings. The van der Waals surface area contributed by atoms with Gasteiger partial charge in [-0.1, -0.05) is 37.5 Å². The van der Waals surface area contributed by atoms with Crippen LogP contribution in [0.4, 0.5) is 0 Å². The van der Waals surface area contributed by atoms with E-state index in [4.69, 9.17) is 18.0 Å². The van der Waals surface area contributed by atoms with E-state index in [-0.39, 0.29) is 5.91 Å². The molecule has 1 amide bonds. The van der Waals surface area contributed by atoms with Crippen molar-refractivity contribution in [3.8, 4) is 0 Å². The highest BCUT2D eigenvalue weighted by molar-refractivity contribution is 7.80. The molecule has 3 N–H and O–H groups in total. The third kappa shape index (κ3) is 2.66. The molecule has 1 aliphatic carbocycles. The number of thiocarbonyl (C=S) groups is 1. The second kappa shape index (κ2) is 5.14. The Balaban J connectivity index is 2.13. The fourth-order valence-electron chi connectivity index (χ4n) is 2.28. The first kappa shape index (κ1) is 12.5. The van der Waals surface area contributed by atoms with Crippen molar-refractivity contribution >= 4 is 34.5 Å². The van der Waals surface area contributed by atoms with Gasteiger partial charge in [-0.3, -0.25) is 4.79 Å². The minimum atomic E-state index is -0.464. The second-order valence-corrected chi connectivity index (χ2v) is 5.83. The molecule has 1 aromatic heterocycles. The number of nitrogens with one attached hydrogen (secondary N) is 1. The summed E-state index contributed by atoms with van der Waals surface area (Å²) in [7, 11) is 0. The van der Waals surface area contributed by atoms with E-state index in [2.05, 4.69) is 5.32 Å². The summed E-state index contributed by atoms with van der Waals surface area (Å²) in [4.78, 5) is 13.2. The number of rotatable bonds is 3. The molecule has 0 saturated heterocycles. The first-order valence-corrected chi connectivity index (χ1v) is 7.09. The zero-order valence-electron chi connectivity index (χ0n) is 9.57. The van der Waals surface area contributed by atoms with Gasteiger partial charge in [-0.15, -0.1) is 11.3 Å². The van der Waals surface area contributed by atoms with Crippen LogP contribution in [0.1, 0.15) is 41.8 Å². The number of carbonyl (C=O) groups is 1. The van der Waals surface area contributed by atoms with Crippen LogP contribution in [0.2, 0.25) is 0 Å². The largest absolute Gasteiger partial charge is 0.391 e. The first-order valence-electron chi connectivity index (χ1n) is 5.80. The van der Waals surface area contributed by atoms with Crippen molar-refractivity contribution < 1.29 is 4.79 Å². The molecule has 1 aliphatic rings. The molecule has 3 nitrogen and oxygen atoms in total. The van der Waals surface area contributed by atoms with Gasteiger partial charge in [0.15, 0.2) is 0 Å². The molecule has 0 atom stereocenters. The van der Waals surface area contributed by atoms with Crippen molar-refractivity contribution in [1.29, 1.82) is 0 Å². The third-order valence-corrected chi connectivity index (χ3v) is 4.54. The molecular formula is C12H16N2OS2. The maximum Gasteiger partial charge on any atom is 0.262 e. The molecule has 92 valence electrons. The number of amides is 1. The van der Waals surface area contributed by atoms with E-state index in [0.29, 0.717) is 9.87 Å². The monoisotopic (exact) mass is 268 g/mol. The maximum absolute atomic E-state index is 12.1. The Morgan fingerprint density at radius 3 is 2.65 bits per heavy atom. The van der Waals surface area contributed by atoms with E-state index in [9.17, 15) is 4.79 Å². The summed E-state index contributed by atoms with van der Waals surface area (Å²) in [5.41, 5.74) is 5.36. The van der Waals surface area contributed by atoms with Crippen molar-refractivity contribution in [2.75, 3.05) is 0 Å². The van der Waals surface area contributed by atoms with Gasteiger partial charge in [-0.05, 0) is 24.3 Å². The highest BCUT2D eigenvalue weighted by Gasteiger charge is 2.36. The zero-order chi connectivity index (χ0) is 12.3. The number of hydrogen-bond acceptors (Lipinski definition) is 3. The van der Waals surface area contributed by atoms with Gasteiger partial charge in [-0.25, -0.2) is 0 Å². The summed E-state index contributed by atoms with van der Waals surface area (Å²) in [5, 5.41) is 4.93. The SMILES string of the molecule is NC(=S)C1(NC(=O)c2cccs2)CCCCC1. The van der Waals surface area contributed by atoms with Crippen LogP contribution in [0, 0.1) is 0 Å². The van der Waals surface area contributed by atoms with Crippen LogP contribution >= 0.6 is 23.6 Å². The van der Waals surface area contributed by atoms with Crippen LogP contribution in [0.5, 0.6) is 0 Å². The van der Waals surface area contributed by atoms with Crippen LogP contribution in [0.25, 0.3) is 0 Å². The van der Waals surface area contributed by atoms with E-state index in [1.54, 1.807) is 0 Å². The normalized spacial score (nSPS) is 18.6. The lowest BCUT2D eigenvalue weighted by molar-refractivity contribution is 0.0912. The van der Waals surface area contributed by atoms with Crippen LogP contribution in [-0.4, -0.2) is 16.4 Å². The minimum absolute atomic E-state index is 0.0605. The lowest BCUT2D eigenvalue weighted by Crippen LogP contribution is -2.57. The Hall–Kier alpha value is -0.940. The van der Waals surface area contributed by atoms with Gasteiger partial charge in [0.05, 0.1) is 15.4 Å². The highest BCUT2D eigenvalue weighted by Crippen LogP contribution is 2.29. The highest BCUT2D eigenvalue weighted by atomic mass is 32.1. The van der Waals surface area contributed by atoms with E-state index >= 15 is 0 Å². The van der Waals surface area contributed by atoms with Gasteiger partial charge in [0.2, 0.25) is 0 Å². The van der Waals surface area contributed by atoms with E-state index in [1.807, 2.05) is 17.5 Å². The smallest absolute Gasteiger partial charge is 0.262 e. The Kier molecular flexibility index (Phi) is 3.79. The van der Waals surface area contributed by atoms with Crippen LogP contribution in [-0.2, 0) is 0 Å². The van der Waals surface area contributed by atoms with Gasteiger partial charge in [-0.2, -0.15) is 0 Å². The third-order valence-electron chi connectivity index (χ3n) is 3.28. The summed E-state index contributed by atoms with van der Waals surface area (Å²) < 4.78 is 0. The van der Waals surface area contributed by atoms with Gasteiger partial charge in [0.25, 0.3) is 5.91 Å². The first-order chi connectivity index (χ1) is 8.14. The summed E-state index contributed by atoms with van der Waals surface area (Å²) in [6, 6.07) is 3.68. The van der Waals surface area contributed by atoms with E-state index in [0.717, 1.165) is 25.7 Å². The summed E-state index contributed by atoms with van der Waals surface area (Å²) >= 11 is 6.58. The molecule has 0 aromatic carbocycles. The average molecular weight is 268 g/mol. The molecule has 0 bridgehead atoms. The molecule has 1 aromatic rings. The Labute approximate surface area is 110 Å². The lowest BCUT2D eigenvalue weighted by atomic mass is 9.81. The molecular weight excluding hydrogens is 252 g/mol. The van der Waals surface area contributed by atoms with E-state index < -0.39 is 5.54 Å². The van der Waals surface area contributed by atoms with Crippen molar-refractivity contribution in [2.24, 2.45) is 5.73 Å². The maximum atomic E-state index is 12.1. The van der Waals surface area contributed by atoms with Crippen molar-refractivity contribution in [1.82, 2.24) is 5.32 Å². The quantitative estimate of drug-likeness (QED) is 0.828. The van der Waals surface area contributed by atoms with Crippen molar-refractivity contribution in [3.05, 3.63) is 22.4 Å². The van der Waals surface area contributed by atoms with E-state index in [1.165, 1.54) is 17.8 Å². The van der Waals surface area contributed by atoms with Gasteiger partial charge in [0, 0.05) is 0 Å². The Morgan fingerprint density at radius 2 is 2.12 bits per heavy atom. The minimum Gasteiger partial charge on any atom is -0.391 e. The summed E-state index contributed by atoms with van der Waals surface area (Å²) in [6.45, 7) is 0. The van der Waals surface area contributed by atoms with Crippen molar-refractivity contribution in [2.45, 2.75) is 37.6 Å². The number of carbonyl (C=O) groups excluding carboxylic acids is 1. The fourth-order valence-corrected chi connectivity index (χ4v) is 3.15. The Bertz CT molecular complexity index is 408. The fraction of sp³-hybridized carbons (Fsp3) is 0.500. The number of thiophene rings is 1. The molecule has 0 unspecified atom stereocenters. The van der Waals surface area contributed by atoms with Gasteiger partial charge >= 0.3 is 0 Å². The molecule has 0 spiro atoms. The predicted molar refractivity (Wildman–Crippen MR) is 74.4 cm³/mol. The molecule has 17 heavy (non-hydrogen) atoms. The lowest BCUT2D eigenvalue weighted by Gasteiger charge is -2.37. The van der Waals surface area contributed by atoms with Crippen LogP contribution in [0.3, 0.4) is 0 Å². The molecule has 0 radical (unpaired) electrons. The molecule has 1 saturated carbocycles. The summed E-state index contributed by atoms with van der Waals surface area (Å²) in [5.74, 6) is -0.0605. The van der Waals surface area contributed by atoms with Crippen LogP contribution < -0.4 is 11.1 Å². The second-order valence-electron chi connectivity index (χ2n) is 4.44. The molecule has 2 rings (SSSR count). The topological polar surface area (TPSA) is 55.1 Å². The number of hydrogen-bond donors (Lipinski definition) is 2. The molecule has 5 heteroatoms. The molecule has 1 heterocycles.